The van der Waals surface area contributed by atoms with E-state index in [0.29, 0.717) is 38.1 Å². The van der Waals surface area contributed by atoms with Gasteiger partial charge in [0.15, 0.2) is 0 Å². The van der Waals surface area contributed by atoms with Crippen LogP contribution in [0.5, 0.6) is 0 Å². The molecule has 0 N–H and O–H groups in total. The number of benzene rings is 2. The van der Waals surface area contributed by atoms with E-state index in [1.807, 2.05) is 7.05 Å². The van der Waals surface area contributed by atoms with E-state index in [4.69, 9.17) is 4.74 Å². The lowest BCUT2D eigenvalue weighted by atomic mass is 9.89. The number of anilines is 2. The molecule has 18 heteroatoms. The number of hydrogen-bond acceptors (Lipinski definition) is 7. The van der Waals surface area contributed by atoms with Gasteiger partial charge in [-0.1, -0.05) is 5.10 Å². The number of piperidine rings is 1. The zero-order valence-electron chi connectivity index (χ0n) is 26.9. The van der Waals surface area contributed by atoms with Crippen LogP contribution in [0.3, 0.4) is 0 Å². The highest BCUT2D eigenvalue weighted by Gasteiger charge is 2.42. The predicted molar refractivity (Wildman–Crippen MR) is 159 cm³/mol. The van der Waals surface area contributed by atoms with Gasteiger partial charge in [-0.05, 0) is 113 Å². The van der Waals surface area contributed by atoms with Gasteiger partial charge in [-0.25, -0.2) is 4.79 Å². The molecular weight excluding hydrogens is 673 g/mol. The Balaban J connectivity index is 1.67. The van der Waals surface area contributed by atoms with Crippen LogP contribution in [0.25, 0.3) is 0 Å². The number of aromatic nitrogens is 4. The summed E-state index contributed by atoms with van der Waals surface area (Å²) in [5, 5.41) is 12.7. The fourth-order valence-corrected chi connectivity index (χ4v) is 6.18. The molecule has 9 nitrogen and oxygen atoms in total. The second-order valence-corrected chi connectivity index (χ2v) is 12.7. The van der Waals surface area contributed by atoms with Crippen molar-refractivity contribution >= 4 is 17.7 Å². The van der Waals surface area contributed by atoms with Crippen molar-refractivity contribution in [3.63, 3.8) is 0 Å². The zero-order chi connectivity index (χ0) is 36.1. The molecule has 49 heavy (non-hydrogen) atoms. The Hall–Kier alpha value is -4.09. The van der Waals surface area contributed by atoms with Gasteiger partial charge in [-0.3, -0.25) is 4.90 Å². The molecule has 0 spiro atoms. The van der Waals surface area contributed by atoms with E-state index in [-0.39, 0.29) is 35.7 Å². The summed E-state index contributed by atoms with van der Waals surface area (Å²) in [5.74, 6) is -0.219. The van der Waals surface area contributed by atoms with Crippen LogP contribution >= 0.6 is 0 Å². The van der Waals surface area contributed by atoms with Crippen LogP contribution in [0.2, 0.25) is 0 Å². The normalized spacial score (nSPS) is 19.7. The number of halogens is 9. The Bertz CT molecular complexity index is 1610. The summed E-state index contributed by atoms with van der Waals surface area (Å²) in [4.78, 5) is 19.0. The van der Waals surface area contributed by atoms with Crippen molar-refractivity contribution < 1.29 is 49.0 Å². The molecule has 0 saturated carbocycles. The Labute approximate surface area is 275 Å². The molecule has 0 bridgehead atoms. The largest absolute Gasteiger partial charge is 0.446 e. The third-order valence-electron chi connectivity index (χ3n) is 8.58. The maximum atomic E-state index is 14.0. The van der Waals surface area contributed by atoms with E-state index in [9.17, 15) is 44.3 Å². The lowest BCUT2D eigenvalue weighted by molar-refractivity contribution is -0.143. The summed E-state index contributed by atoms with van der Waals surface area (Å²) in [6.45, 7) is 5.51. The van der Waals surface area contributed by atoms with Gasteiger partial charge in [-0.2, -0.15) is 44.3 Å². The standard InChI is InChI=1S/C31H34F9N7O2/c1-17(2)49-28(48)46-18(3)11-26(24-15-20(29(32,33)34)5-6-25(24)46)45(27-41-43-47(42-27)23-7-9-44(4)10-8-23)16-19-12-21(30(35,36)37)14-22(13-19)31(38,39)40/h5-6,12-15,17-18,23,26H,7-11,16H2,1-4H3/t18-,26+/m0/s1. The molecule has 0 aliphatic carbocycles. The van der Waals surface area contributed by atoms with Gasteiger partial charge in [0.05, 0.1) is 40.6 Å². The predicted octanol–water partition coefficient (Wildman–Crippen LogP) is 7.89. The van der Waals surface area contributed by atoms with E-state index in [1.54, 1.807) is 20.8 Å². The van der Waals surface area contributed by atoms with Crippen molar-refractivity contribution in [2.45, 2.75) is 89.3 Å². The molecular formula is C31H34F9N7O2. The number of likely N-dealkylation sites (tertiary alicyclic amines) is 1. The summed E-state index contributed by atoms with van der Waals surface area (Å²) in [6.07, 6.45) is -15.4. The molecule has 2 aliphatic heterocycles. The minimum absolute atomic E-state index is 0.00569. The highest BCUT2D eigenvalue weighted by Crippen LogP contribution is 2.45. The third-order valence-corrected chi connectivity index (χ3v) is 8.58. The van der Waals surface area contributed by atoms with Gasteiger partial charge in [0.25, 0.3) is 5.95 Å². The smallest absolute Gasteiger partial charge is 0.416 e. The average molecular weight is 708 g/mol. The first kappa shape index (κ1) is 36.2. The van der Waals surface area contributed by atoms with Gasteiger partial charge in [0.2, 0.25) is 0 Å². The SMILES string of the molecule is CC(C)OC(=O)N1c2ccc(C(F)(F)F)cc2[C@H](N(Cc2cc(C(F)(F)F)cc(C(F)(F)F)c2)c2nnn(C3CCN(C)CC3)n2)C[C@@H]1C. The molecule has 268 valence electrons. The highest BCUT2D eigenvalue weighted by molar-refractivity contribution is 5.90. The summed E-state index contributed by atoms with van der Waals surface area (Å²) < 4.78 is 130. The molecule has 1 aromatic heterocycles. The summed E-state index contributed by atoms with van der Waals surface area (Å²) in [7, 11) is 1.93. The molecule has 3 aromatic rings. The number of fused-ring (bicyclic) bond motifs is 1. The van der Waals surface area contributed by atoms with E-state index in [1.165, 1.54) is 14.6 Å². The number of nitrogens with zero attached hydrogens (tertiary/aromatic N) is 7. The zero-order valence-corrected chi connectivity index (χ0v) is 26.9. The Kier molecular flexibility index (Phi) is 9.84. The number of ether oxygens (including phenoxy) is 1. The topological polar surface area (TPSA) is 79.6 Å². The first-order valence-corrected chi connectivity index (χ1v) is 15.5. The van der Waals surface area contributed by atoms with Crippen LogP contribution in [0.1, 0.15) is 79.9 Å². The monoisotopic (exact) mass is 707 g/mol. The van der Waals surface area contributed by atoms with Crippen molar-refractivity contribution in [3.05, 3.63) is 64.2 Å². The van der Waals surface area contributed by atoms with Crippen LogP contribution in [0, 0.1) is 0 Å². The van der Waals surface area contributed by atoms with Crippen molar-refractivity contribution in [1.29, 1.82) is 0 Å². The minimum atomic E-state index is -5.14. The molecule has 2 aromatic carbocycles. The maximum Gasteiger partial charge on any atom is 0.416 e. The first-order chi connectivity index (χ1) is 22.7. The van der Waals surface area contributed by atoms with E-state index >= 15 is 0 Å². The Morgan fingerprint density at radius 1 is 0.918 bits per heavy atom. The van der Waals surface area contributed by atoms with Crippen LogP contribution in [-0.2, 0) is 29.8 Å². The maximum absolute atomic E-state index is 14.0. The van der Waals surface area contributed by atoms with Crippen molar-refractivity contribution in [1.82, 2.24) is 25.1 Å². The second-order valence-electron chi connectivity index (χ2n) is 12.7. The molecule has 0 unspecified atom stereocenters. The fourth-order valence-electron chi connectivity index (χ4n) is 6.18. The third kappa shape index (κ3) is 8.05. The summed E-state index contributed by atoms with van der Waals surface area (Å²) in [6, 6.07) is 1.65. The minimum Gasteiger partial charge on any atom is -0.446 e. The molecule has 1 saturated heterocycles. The molecule has 2 atom stereocenters. The molecule has 1 amide bonds. The number of amides is 1. The average Bonchev–Trinajstić information content (AvgIpc) is 3.48. The second kappa shape index (κ2) is 13.3. The Morgan fingerprint density at radius 2 is 1.51 bits per heavy atom. The van der Waals surface area contributed by atoms with Crippen LogP contribution < -0.4 is 9.80 Å². The first-order valence-electron chi connectivity index (χ1n) is 15.5. The lowest BCUT2D eigenvalue weighted by Gasteiger charge is -2.43. The summed E-state index contributed by atoms with van der Waals surface area (Å²) >= 11 is 0. The molecule has 0 radical (unpaired) electrons. The van der Waals surface area contributed by atoms with Gasteiger partial charge in [-0.15, -0.1) is 5.10 Å². The molecule has 1 fully saturated rings. The highest BCUT2D eigenvalue weighted by atomic mass is 19.4. The van der Waals surface area contributed by atoms with E-state index in [0.717, 1.165) is 18.2 Å². The van der Waals surface area contributed by atoms with Gasteiger partial charge in [0.1, 0.15) is 0 Å². The van der Waals surface area contributed by atoms with E-state index < -0.39 is 71.6 Å². The van der Waals surface area contributed by atoms with Gasteiger partial charge < -0.3 is 14.5 Å². The number of rotatable bonds is 6. The summed E-state index contributed by atoms with van der Waals surface area (Å²) in [5.41, 5.74) is -4.69. The number of hydrogen-bond donors (Lipinski definition) is 0. The van der Waals surface area contributed by atoms with Crippen molar-refractivity contribution in [2.24, 2.45) is 0 Å². The van der Waals surface area contributed by atoms with Crippen LogP contribution in [0.4, 0.5) is 55.9 Å². The van der Waals surface area contributed by atoms with Crippen LogP contribution in [-0.4, -0.2) is 63.5 Å². The van der Waals surface area contributed by atoms with E-state index in [2.05, 4.69) is 20.3 Å². The number of tetrazole rings is 1. The molecule has 2 aliphatic rings. The van der Waals surface area contributed by atoms with Gasteiger partial charge >= 0.3 is 24.6 Å². The quantitative estimate of drug-likeness (QED) is 0.241. The number of alkyl halides is 9. The van der Waals surface area contributed by atoms with Crippen molar-refractivity contribution in [2.75, 3.05) is 29.9 Å². The number of carbonyl (C=O) groups is 1. The Morgan fingerprint density at radius 3 is 2.06 bits per heavy atom. The number of carbonyl (C=O) groups excluding carboxylic acids is 1. The molecule has 3 heterocycles. The fraction of sp³-hybridized carbons (Fsp3) is 0.548. The van der Waals surface area contributed by atoms with Crippen molar-refractivity contribution in [3.8, 4) is 0 Å². The van der Waals surface area contributed by atoms with Crippen LogP contribution in [0.15, 0.2) is 36.4 Å². The van der Waals surface area contributed by atoms with Gasteiger partial charge in [0, 0.05) is 12.6 Å². The molecule has 5 rings (SSSR count). The lowest BCUT2D eigenvalue weighted by Crippen LogP contribution is -2.47.